The maximum absolute atomic E-state index is 13.0. The molecule has 0 radical (unpaired) electrons. The number of fused-ring (bicyclic) bond motifs is 3. The predicted octanol–water partition coefficient (Wildman–Crippen LogP) is 4.94. The Bertz CT molecular complexity index is 940. The molecule has 5 rings (SSSR count). The van der Waals surface area contributed by atoms with Crippen LogP contribution in [0.1, 0.15) is 63.6 Å². The third-order valence-electron chi connectivity index (χ3n) is 8.82. The molecule has 5 heteroatoms. The Kier molecular flexibility index (Phi) is 5.51. The fourth-order valence-corrected chi connectivity index (χ4v) is 6.96. The summed E-state index contributed by atoms with van der Waals surface area (Å²) in [6.45, 7) is 8.68. The van der Waals surface area contributed by atoms with E-state index in [1.54, 1.807) is 19.8 Å². The number of carbonyl (C=O) groups is 1. The first-order chi connectivity index (χ1) is 15.3. The molecule has 0 aromatic heterocycles. The first-order valence-corrected chi connectivity index (χ1v) is 12.3. The number of hydrogen-bond acceptors (Lipinski definition) is 5. The van der Waals surface area contributed by atoms with Gasteiger partial charge in [0.2, 0.25) is 0 Å². The first kappa shape index (κ1) is 21.8. The van der Waals surface area contributed by atoms with Crippen molar-refractivity contribution in [2.24, 2.45) is 23.2 Å². The summed E-state index contributed by atoms with van der Waals surface area (Å²) in [5.41, 5.74) is 4.38. The van der Waals surface area contributed by atoms with Crippen LogP contribution in [0.3, 0.4) is 0 Å². The van der Waals surface area contributed by atoms with Crippen LogP contribution >= 0.6 is 0 Å². The van der Waals surface area contributed by atoms with Gasteiger partial charge < -0.3 is 14.2 Å². The number of carbonyl (C=O) groups excluding carboxylic acids is 1. The van der Waals surface area contributed by atoms with Gasteiger partial charge >= 0.3 is 5.97 Å². The van der Waals surface area contributed by atoms with Crippen LogP contribution in [0.2, 0.25) is 0 Å². The molecule has 0 N–H and O–H groups in total. The summed E-state index contributed by atoms with van der Waals surface area (Å²) in [7, 11) is 3.36. The van der Waals surface area contributed by atoms with Gasteiger partial charge in [-0.2, -0.15) is 0 Å². The van der Waals surface area contributed by atoms with Gasteiger partial charge in [-0.05, 0) is 67.2 Å². The van der Waals surface area contributed by atoms with Gasteiger partial charge in [0.25, 0.3) is 0 Å². The van der Waals surface area contributed by atoms with Crippen LogP contribution in [0.5, 0.6) is 11.5 Å². The fraction of sp³-hybridized carbons (Fsp3) is 0.667. The van der Waals surface area contributed by atoms with Crippen molar-refractivity contribution in [2.45, 2.75) is 65.0 Å². The summed E-state index contributed by atoms with van der Waals surface area (Å²) < 4.78 is 17.0. The van der Waals surface area contributed by atoms with E-state index >= 15 is 0 Å². The summed E-state index contributed by atoms with van der Waals surface area (Å²) >= 11 is 0. The molecule has 1 saturated carbocycles. The predicted molar refractivity (Wildman–Crippen MR) is 124 cm³/mol. The van der Waals surface area contributed by atoms with E-state index in [2.05, 4.69) is 43.9 Å². The van der Waals surface area contributed by atoms with E-state index in [-0.39, 0.29) is 35.4 Å². The van der Waals surface area contributed by atoms with Gasteiger partial charge in [-0.25, -0.2) is 0 Å². The molecule has 5 nitrogen and oxygen atoms in total. The molecule has 0 bridgehead atoms. The van der Waals surface area contributed by atoms with E-state index in [9.17, 15) is 4.79 Å². The van der Waals surface area contributed by atoms with E-state index in [0.29, 0.717) is 5.92 Å². The van der Waals surface area contributed by atoms with Crippen molar-refractivity contribution in [1.82, 2.24) is 4.90 Å². The third-order valence-corrected chi connectivity index (χ3v) is 8.82. The second kappa shape index (κ2) is 8.09. The van der Waals surface area contributed by atoms with Gasteiger partial charge in [-0.1, -0.05) is 31.9 Å². The second-order valence-electron chi connectivity index (χ2n) is 10.7. The van der Waals surface area contributed by atoms with Crippen LogP contribution in [0.25, 0.3) is 0 Å². The molecular weight excluding hydrogens is 402 g/mol. The normalized spacial score (nSPS) is 36.5. The summed E-state index contributed by atoms with van der Waals surface area (Å²) in [5.74, 6) is 2.31. The van der Waals surface area contributed by atoms with Gasteiger partial charge in [0.1, 0.15) is 6.10 Å². The number of benzene rings is 1. The van der Waals surface area contributed by atoms with Gasteiger partial charge in [-0.15, -0.1) is 0 Å². The van der Waals surface area contributed by atoms with Crippen LogP contribution in [-0.2, 0) is 16.0 Å². The van der Waals surface area contributed by atoms with E-state index in [1.807, 2.05) is 0 Å². The van der Waals surface area contributed by atoms with Crippen molar-refractivity contribution in [3.63, 3.8) is 0 Å². The van der Waals surface area contributed by atoms with Gasteiger partial charge in [-0.3, -0.25) is 9.69 Å². The summed E-state index contributed by atoms with van der Waals surface area (Å²) in [5, 5.41) is 0. The average Bonchev–Trinajstić information content (AvgIpc) is 3.06. The lowest BCUT2D eigenvalue weighted by Crippen LogP contribution is -2.42. The molecule has 2 fully saturated rings. The zero-order chi connectivity index (χ0) is 22.6. The lowest BCUT2D eigenvalue weighted by atomic mass is 9.59. The van der Waals surface area contributed by atoms with Crippen LogP contribution in [0.15, 0.2) is 23.8 Å². The lowest BCUT2D eigenvalue weighted by Gasteiger charge is -2.46. The van der Waals surface area contributed by atoms with E-state index in [4.69, 9.17) is 14.2 Å². The second-order valence-corrected chi connectivity index (χ2v) is 10.7. The monoisotopic (exact) mass is 439 g/mol. The minimum atomic E-state index is -0.0738. The Morgan fingerprint density at radius 1 is 1.19 bits per heavy atom. The number of hydrogen-bond donors (Lipinski definition) is 0. The Hall–Kier alpha value is -2.01. The van der Waals surface area contributed by atoms with E-state index < -0.39 is 0 Å². The Balaban J connectivity index is 1.39. The molecule has 2 aliphatic heterocycles. The smallest absolute Gasteiger partial charge is 0.311 e. The highest BCUT2D eigenvalue weighted by Gasteiger charge is 2.52. The number of esters is 1. The number of rotatable bonds is 4. The fourth-order valence-electron chi connectivity index (χ4n) is 6.96. The zero-order valence-electron chi connectivity index (χ0n) is 20.1. The van der Waals surface area contributed by atoms with Crippen molar-refractivity contribution >= 4 is 5.97 Å². The third kappa shape index (κ3) is 3.44. The Labute approximate surface area is 192 Å². The van der Waals surface area contributed by atoms with Gasteiger partial charge in [0.15, 0.2) is 11.5 Å². The van der Waals surface area contributed by atoms with Crippen molar-refractivity contribution in [3.05, 3.63) is 34.9 Å². The molecule has 174 valence electrons. The minimum Gasteiger partial charge on any atom is -0.493 e. The van der Waals surface area contributed by atoms with Crippen molar-refractivity contribution in [3.8, 4) is 11.5 Å². The topological polar surface area (TPSA) is 48.0 Å². The van der Waals surface area contributed by atoms with Crippen LogP contribution in [0.4, 0.5) is 0 Å². The molecule has 0 unspecified atom stereocenters. The molecule has 32 heavy (non-hydrogen) atoms. The molecule has 6 atom stereocenters. The van der Waals surface area contributed by atoms with Crippen LogP contribution < -0.4 is 9.47 Å². The van der Waals surface area contributed by atoms with Gasteiger partial charge in [0, 0.05) is 25.0 Å². The molecule has 1 aromatic rings. The summed E-state index contributed by atoms with van der Waals surface area (Å²) in [6.07, 6.45) is 8.22. The number of methoxy groups -OCH3 is 2. The largest absolute Gasteiger partial charge is 0.493 e. The molecular formula is C27H37NO4. The number of nitrogens with zero attached hydrogens (tertiary/aromatic N) is 1. The molecule has 1 saturated heterocycles. The Morgan fingerprint density at radius 3 is 2.69 bits per heavy atom. The van der Waals surface area contributed by atoms with Crippen molar-refractivity contribution in [2.75, 3.05) is 27.3 Å². The quantitative estimate of drug-likeness (QED) is 0.491. The van der Waals surface area contributed by atoms with E-state index in [1.165, 1.54) is 30.4 Å². The highest BCUT2D eigenvalue weighted by atomic mass is 16.6. The molecule has 2 heterocycles. The number of allylic oxidation sites excluding steroid dienone is 1. The first-order valence-electron chi connectivity index (χ1n) is 12.3. The van der Waals surface area contributed by atoms with Crippen molar-refractivity contribution < 1.29 is 19.0 Å². The maximum atomic E-state index is 13.0. The number of ether oxygens (including phenoxy) is 3. The van der Waals surface area contributed by atoms with Crippen LogP contribution in [0, 0.1) is 23.2 Å². The highest BCUT2D eigenvalue weighted by molar-refractivity contribution is 5.76. The molecule has 0 spiro atoms. The standard InChI is InChI=1S/C27H37NO4/c1-16-7-6-9-27(3)14-25-20(12-22(16)27)21(26(29)32-25)15-28-10-8-18-11-23(30-4)24(31-5)13-19(18)17(28)2/h11-13,16-17,20-21,25H,6-10,14-15H2,1-5H3/t16-,17-,20-,21+,25-,27-/m1/s1. The van der Waals surface area contributed by atoms with E-state index in [0.717, 1.165) is 37.4 Å². The SMILES string of the molecule is COc1cc2c(cc1OC)[C@@H](C)N(C[C@@H]1C(=O)O[C@@H]3C[C@@]4(C)CCC[C@@H](C)C4=C[C@H]13)CC2. The molecule has 4 aliphatic rings. The summed E-state index contributed by atoms with van der Waals surface area (Å²) in [6, 6.07) is 4.44. The lowest BCUT2D eigenvalue weighted by molar-refractivity contribution is -0.145. The van der Waals surface area contributed by atoms with Crippen LogP contribution in [-0.4, -0.2) is 44.3 Å². The average molecular weight is 440 g/mol. The van der Waals surface area contributed by atoms with Crippen molar-refractivity contribution in [1.29, 1.82) is 0 Å². The maximum Gasteiger partial charge on any atom is 0.311 e. The zero-order valence-corrected chi connectivity index (χ0v) is 20.1. The summed E-state index contributed by atoms with van der Waals surface area (Å²) in [4.78, 5) is 15.5. The highest BCUT2D eigenvalue weighted by Crippen LogP contribution is 2.54. The molecule has 0 amide bonds. The minimum absolute atomic E-state index is 0.00272. The molecule has 1 aromatic carbocycles. The van der Waals surface area contributed by atoms with Gasteiger partial charge in [0.05, 0.1) is 20.1 Å². The molecule has 2 aliphatic carbocycles. The Morgan fingerprint density at radius 2 is 1.94 bits per heavy atom.